The second-order valence-corrected chi connectivity index (χ2v) is 7.94. The van der Waals surface area contributed by atoms with Crippen molar-refractivity contribution in [2.24, 2.45) is 5.10 Å². The number of rotatable bonds is 18. The predicted octanol–water partition coefficient (Wildman–Crippen LogP) is 4.97. The van der Waals surface area contributed by atoms with Gasteiger partial charge in [0.25, 0.3) is 5.91 Å². The van der Waals surface area contributed by atoms with Gasteiger partial charge in [0.1, 0.15) is 0 Å². The number of benzene rings is 1. The van der Waals surface area contributed by atoms with E-state index in [1.54, 1.807) is 32.4 Å². The Morgan fingerprint density at radius 2 is 1.50 bits per heavy atom. The molecule has 32 heavy (non-hydrogen) atoms. The molecule has 7 nitrogen and oxygen atoms in total. The lowest BCUT2D eigenvalue weighted by molar-refractivity contribution is -0.126. The van der Waals surface area contributed by atoms with Crippen molar-refractivity contribution < 1.29 is 19.1 Å². The number of para-hydroxylation sites is 1. The highest BCUT2D eigenvalue weighted by molar-refractivity contribution is 5.88. The number of carbonyl (C=O) groups excluding carboxylic acids is 2. The van der Waals surface area contributed by atoms with Crippen molar-refractivity contribution in [3.05, 3.63) is 23.8 Å². The number of unbranched alkanes of at least 4 members (excludes halogenated alkanes) is 10. The summed E-state index contributed by atoms with van der Waals surface area (Å²) in [5.41, 5.74) is 3.08. The average Bonchev–Trinajstić information content (AvgIpc) is 2.80. The lowest BCUT2D eigenvalue weighted by Gasteiger charge is -2.09. The minimum atomic E-state index is -0.379. The third-order valence-corrected chi connectivity index (χ3v) is 5.28. The minimum absolute atomic E-state index is 0.0938. The van der Waals surface area contributed by atoms with Gasteiger partial charge in [-0.05, 0) is 18.6 Å². The zero-order chi connectivity index (χ0) is 23.4. The van der Waals surface area contributed by atoms with Gasteiger partial charge in [0, 0.05) is 12.0 Å². The van der Waals surface area contributed by atoms with Crippen LogP contribution in [0.1, 0.15) is 89.5 Å². The molecule has 0 aromatic heterocycles. The number of methoxy groups -OCH3 is 2. The number of amides is 2. The molecular formula is C25H41N3O4. The highest BCUT2D eigenvalue weighted by Gasteiger charge is 2.08. The van der Waals surface area contributed by atoms with Gasteiger partial charge < -0.3 is 14.8 Å². The third-order valence-electron chi connectivity index (χ3n) is 5.28. The Hall–Kier alpha value is -2.57. The number of nitrogens with one attached hydrogen (secondary N) is 2. The van der Waals surface area contributed by atoms with Crippen molar-refractivity contribution in [1.29, 1.82) is 0 Å². The van der Waals surface area contributed by atoms with Crippen LogP contribution in [0.25, 0.3) is 0 Å². The summed E-state index contributed by atoms with van der Waals surface area (Å²) < 4.78 is 10.5. The Morgan fingerprint density at radius 1 is 0.875 bits per heavy atom. The summed E-state index contributed by atoms with van der Waals surface area (Å²) in [6.45, 7) is 2.15. The molecule has 0 atom stereocenters. The van der Waals surface area contributed by atoms with Crippen molar-refractivity contribution in [2.75, 3.05) is 20.8 Å². The molecule has 0 heterocycles. The molecule has 0 fully saturated rings. The van der Waals surface area contributed by atoms with Crippen LogP contribution in [0.5, 0.6) is 11.5 Å². The Bertz CT molecular complexity index is 692. The predicted molar refractivity (Wildman–Crippen MR) is 129 cm³/mol. The molecule has 1 rings (SSSR count). The van der Waals surface area contributed by atoms with Gasteiger partial charge in [-0.3, -0.25) is 9.59 Å². The number of hydrogen-bond donors (Lipinski definition) is 2. The SMILES string of the molecule is CCCCCCCCCCCCCC(=O)NCC(=O)N/N=C/c1cccc(OC)c1OC. The number of nitrogens with zero attached hydrogens (tertiary/aromatic N) is 1. The van der Waals surface area contributed by atoms with Gasteiger partial charge in [-0.1, -0.05) is 77.2 Å². The molecule has 7 heteroatoms. The zero-order valence-corrected chi connectivity index (χ0v) is 20.1. The summed E-state index contributed by atoms with van der Waals surface area (Å²) >= 11 is 0. The number of hydrazone groups is 1. The molecule has 1 aromatic carbocycles. The fraction of sp³-hybridized carbons (Fsp3) is 0.640. The Labute approximate surface area is 193 Å². The molecule has 0 radical (unpaired) electrons. The van der Waals surface area contributed by atoms with Gasteiger partial charge in [0.2, 0.25) is 5.91 Å². The van der Waals surface area contributed by atoms with Gasteiger partial charge in [-0.2, -0.15) is 5.10 Å². The van der Waals surface area contributed by atoms with Crippen LogP contribution in [0.4, 0.5) is 0 Å². The van der Waals surface area contributed by atoms with Crippen molar-refractivity contribution in [2.45, 2.75) is 84.0 Å². The zero-order valence-electron chi connectivity index (χ0n) is 20.1. The molecule has 0 bridgehead atoms. The number of hydrogen-bond acceptors (Lipinski definition) is 5. The Morgan fingerprint density at radius 3 is 2.09 bits per heavy atom. The molecule has 2 N–H and O–H groups in total. The maximum atomic E-state index is 11.9. The summed E-state index contributed by atoms with van der Waals surface area (Å²) in [5, 5.41) is 6.56. The molecule has 0 spiro atoms. The fourth-order valence-corrected chi connectivity index (χ4v) is 3.44. The summed E-state index contributed by atoms with van der Waals surface area (Å²) in [5.74, 6) is 0.635. The van der Waals surface area contributed by atoms with Crippen LogP contribution in [-0.4, -0.2) is 38.8 Å². The molecule has 0 aliphatic carbocycles. The van der Waals surface area contributed by atoms with Crippen molar-refractivity contribution in [3.63, 3.8) is 0 Å². The number of ether oxygens (including phenoxy) is 2. The van der Waals surface area contributed by atoms with Crippen molar-refractivity contribution in [3.8, 4) is 11.5 Å². The van der Waals surface area contributed by atoms with E-state index in [0.717, 1.165) is 12.8 Å². The quantitative estimate of drug-likeness (QED) is 0.189. The van der Waals surface area contributed by atoms with Crippen LogP contribution in [0.15, 0.2) is 23.3 Å². The summed E-state index contributed by atoms with van der Waals surface area (Å²) in [6, 6.07) is 5.38. The lowest BCUT2D eigenvalue weighted by atomic mass is 10.1. The average molecular weight is 448 g/mol. The van der Waals surface area contributed by atoms with Crippen molar-refractivity contribution >= 4 is 18.0 Å². The third kappa shape index (κ3) is 12.3. The van der Waals surface area contributed by atoms with E-state index < -0.39 is 0 Å². The van der Waals surface area contributed by atoms with E-state index in [1.807, 2.05) is 0 Å². The standard InChI is InChI=1S/C25H41N3O4/c1-4-5-6-7-8-9-10-11-12-13-14-18-23(29)26-20-24(30)28-27-19-21-16-15-17-22(31-2)25(21)32-3/h15-17,19H,4-14,18,20H2,1-3H3,(H,26,29)(H,28,30)/b27-19+. The molecule has 180 valence electrons. The van der Waals surface area contributed by atoms with Crippen molar-refractivity contribution in [1.82, 2.24) is 10.7 Å². The van der Waals surface area contributed by atoms with Gasteiger partial charge in [0.05, 0.1) is 27.0 Å². The number of carbonyl (C=O) groups is 2. The van der Waals surface area contributed by atoms with E-state index in [-0.39, 0.29) is 18.4 Å². The summed E-state index contributed by atoms with van der Waals surface area (Å²) in [6.07, 6.45) is 15.6. The van der Waals surface area contributed by atoms with E-state index in [1.165, 1.54) is 64.0 Å². The maximum absolute atomic E-state index is 11.9. The van der Waals surface area contributed by atoms with E-state index in [4.69, 9.17) is 9.47 Å². The monoisotopic (exact) mass is 447 g/mol. The van der Waals surface area contributed by atoms with Gasteiger partial charge in [-0.15, -0.1) is 0 Å². The molecular weight excluding hydrogens is 406 g/mol. The molecule has 0 saturated heterocycles. The first-order valence-electron chi connectivity index (χ1n) is 11.9. The highest BCUT2D eigenvalue weighted by Crippen LogP contribution is 2.29. The van der Waals surface area contributed by atoms with Crippen LogP contribution >= 0.6 is 0 Å². The Balaban J connectivity index is 2.10. The molecule has 0 unspecified atom stereocenters. The van der Waals surface area contributed by atoms with Gasteiger partial charge >= 0.3 is 0 Å². The van der Waals surface area contributed by atoms with E-state index in [9.17, 15) is 9.59 Å². The molecule has 0 aliphatic heterocycles. The molecule has 1 aromatic rings. The second kappa shape index (κ2) is 18.0. The van der Waals surface area contributed by atoms with E-state index in [2.05, 4.69) is 22.8 Å². The van der Waals surface area contributed by atoms with Gasteiger partial charge in [-0.25, -0.2) is 5.43 Å². The van der Waals surface area contributed by atoms with Gasteiger partial charge in [0.15, 0.2) is 11.5 Å². The first-order chi connectivity index (χ1) is 15.6. The Kier molecular flexibility index (Phi) is 15.5. The summed E-state index contributed by atoms with van der Waals surface area (Å²) in [7, 11) is 3.10. The van der Waals surface area contributed by atoms with Crippen LogP contribution < -0.4 is 20.2 Å². The fourth-order valence-electron chi connectivity index (χ4n) is 3.44. The second-order valence-electron chi connectivity index (χ2n) is 7.94. The smallest absolute Gasteiger partial charge is 0.259 e. The largest absolute Gasteiger partial charge is 0.493 e. The molecule has 2 amide bonds. The minimum Gasteiger partial charge on any atom is -0.493 e. The van der Waals surface area contributed by atoms with E-state index in [0.29, 0.717) is 23.5 Å². The maximum Gasteiger partial charge on any atom is 0.259 e. The first-order valence-corrected chi connectivity index (χ1v) is 11.9. The highest BCUT2D eigenvalue weighted by atomic mass is 16.5. The van der Waals surface area contributed by atoms with Crippen LogP contribution in [0.3, 0.4) is 0 Å². The molecule has 0 aliphatic rings. The molecule has 0 saturated carbocycles. The summed E-state index contributed by atoms with van der Waals surface area (Å²) in [4.78, 5) is 23.8. The lowest BCUT2D eigenvalue weighted by Crippen LogP contribution is -2.34. The normalized spacial score (nSPS) is 10.8. The van der Waals surface area contributed by atoms with E-state index >= 15 is 0 Å². The van der Waals surface area contributed by atoms with Crippen LogP contribution in [0, 0.1) is 0 Å². The topological polar surface area (TPSA) is 89.0 Å². The van der Waals surface area contributed by atoms with Crippen LogP contribution in [-0.2, 0) is 9.59 Å². The first kappa shape index (κ1) is 27.5. The van der Waals surface area contributed by atoms with Crippen LogP contribution in [0.2, 0.25) is 0 Å².